The molecule has 0 radical (unpaired) electrons. The molecule has 2 amide bonds. The van der Waals surface area contributed by atoms with E-state index in [1.165, 1.54) is 6.07 Å². The summed E-state index contributed by atoms with van der Waals surface area (Å²) in [7, 11) is 1.58. The molecule has 0 aromatic heterocycles. The highest BCUT2D eigenvalue weighted by atomic mass is 32.2. The summed E-state index contributed by atoms with van der Waals surface area (Å²) in [4.78, 5) is 26.0. The minimum Gasteiger partial charge on any atom is -0.496 e. The fourth-order valence-corrected chi connectivity index (χ4v) is 3.35. The molecule has 1 fully saturated rings. The Morgan fingerprint density at radius 1 is 1.20 bits per heavy atom. The summed E-state index contributed by atoms with van der Waals surface area (Å²) >= 11 is 0.855. The Kier molecular flexibility index (Phi) is 4.90. The van der Waals surface area contributed by atoms with Crippen LogP contribution in [0, 0.1) is 12.7 Å². The van der Waals surface area contributed by atoms with Crippen molar-refractivity contribution in [1.82, 2.24) is 4.90 Å². The summed E-state index contributed by atoms with van der Waals surface area (Å²) in [6.07, 6.45) is 1.65. The molecule has 0 bridgehead atoms. The molecule has 1 aliphatic rings. The van der Waals surface area contributed by atoms with E-state index in [1.54, 1.807) is 37.5 Å². The number of methoxy groups -OCH3 is 1. The zero-order valence-corrected chi connectivity index (χ0v) is 14.6. The van der Waals surface area contributed by atoms with Gasteiger partial charge in [0.15, 0.2) is 0 Å². The van der Waals surface area contributed by atoms with Crippen molar-refractivity contribution in [3.05, 3.63) is 69.9 Å². The maximum atomic E-state index is 13.8. The highest BCUT2D eigenvalue weighted by molar-refractivity contribution is 8.18. The fourth-order valence-electron chi connectivity index (χ4n) is 2.51. The van der Waals surface area contributed by atoms with Gasteiger partial charge in [-0.15, -0.1) is 0 Å². The van der Waals surface area contributed by atoms with Gasteiger partial charge in [0, 0.05) is 5.56 Å². The van der Waals surface area contributed by atoms with Crippen LogP contribution < -0.4 is 4.74 Å². The second-order valence-electron chi connectivity index (χ2n) is 5.59. The van der Waals surface area contributed by atoms with Crippen molar-refractivity contribution in [2.24, 2.45) is 0 Å². The van der Waals surface area contributed by atoms with Gasteiger partial charge in [-0.05, 0) is 48.0 Å². The third-order valence-corrected chi connectivity index (χ3v) is 4.80. The zero-order valence-electron chi connectivity index (χ0n) is 13.8. The molecule has 128 valence electrons. The van der Waals surface area contributed by atoms with Gasteiger partial charge < -0.3 is 4.74 Å². The molecule has 0 aliphatic carbocycles. The third kappa shape index (κ3) is 3.58. The molecule has 1 saturated heterocycles. The largest absolute Gasteiger partial charge is 0.496 e. The van der Waals surface area contributed by atoms with E-state index < -0.39 is 17.0 Å². The molecule has 1 aliphatic heterocycles. The lowest BCUT2D eigenvalue weighted by Crippen LogP contribution is -2.27. The number of benzene rings is 2. The van der Waals surface area contributed by atoms with E-state index in [1.807, 2.05) is 19.1 Å². The summed E-state index contributed by atoms with van der Waals surface area (Å²) in [6.45, 7) is 1.84. The van der Waals surface area contributed by atoms with Crippen molar-refractivity contribution in [2.45, 2.75) is 13.5 Å². The van der Waals surface area contributed by atoms with Crippen molar-refractivity contribution in [3.63, 3.8) is 0 Å². The number of ether oxygens (including phenoxy) is 1. The van der Waals surface area contributed by atoms with Gasteiger partial charge in [0.25, 0.3) is 11.1 Å². The quantitative estimate of drug-likeness (QED) is 0.762. The molecule has 0 spiro atoms. The number of aryl methyl sites for hydroxylation is 1. The van der Waals surface area contributed by atoms with Crippen molar-refractivity contribution in [1.29, 1.82) is 0 Å². The predicted octanol–water partition coefficient (Wildman–Crippen LogP) is 4.38. The van der Waals surface area contributed by atoms with Crippen LogP contribution in [0.4, 0.5) is 9.18 Å². The van der Waals surface area contributed by atoms with Crippen LogP contribution in [0.2, 0.25) is 0 Å². The van der Waals surface area contributed by atoms with Crippen LogP contribution in [0.25, 0.3) is 6.08 Å². The van der Waals surface area contributed by atoms with E-state index in [4.69, 9.17) is 4.74 Å². The lowest BCUT2D eigenvalue weighted by Gasteiger charge is -2.12. The van der Waals surface area contributed by atoms with Gasteiger partial charge in [-0.1, -0.05) is 30.3 Å². The number of hydrogen-bond acceptors (Lipinski definition) is 4. The Morgan fingerprint density at radius 2 is 1.96 bits per heavy atom. The van der Waals surface area contributed by atoms with Crippen molar-refractivity contribution >= 4 is 29.0 Å². The molecule has 0 atom stereocenters. The van der Waals surface area contributed by atoms with Gasteiger partial charge in [-0.3, -0.25) is 14.5 Å². The maximum absolute atomic E-state index is 13.8. The first-order valence-corrected chi connectivity index (χ1v) is 8.44. The van der Waals surface area contributed by atoms with Crippen LogP contribution in [-0.4, -0.2) is 23.2 Å². The third-order valence-electron chi connectivity index (χ3n) is 3.89. The minimum absolute atomic E-state index is 0.0775. The topological polar surface area (TPSA) is 46.6 Å². The number of nitrogens with zero attached hydrogens (tertiary/aromatic N) is 1. The normalized spacial score (nSPS) is 16.0. The SMILES string of the molecule is COc1cc(/C=C2/SC(=O)N(Cc3ccccc3F)C2=O)ccc1C. The number of imide groups is 1. The molecule has 6 heteroatoms. The van der Waals surface area contributed by atoms with Crippen LogP contribution in [-0.2, 0) is 11.3 Å². The van der Waals surface area contributed by atoms with Crippen molar-refractivity contribution < 1.29 is 18.7 Å². The van der Waals surface area contributed by atoms with Gasteiger partial charge in [0.2, 0.25) is 0 Å². The molecule has 25 heavy (non-hydrogen) atoms. The first-order valence-electron chi connectivity index (χ1n) is 7.63. The van der Waals surface area contributed by atoms with Crippen molar-refractivity contribution in [2.75, 3.05) is 7.11 Å². The van der Waals surface area contributed by atoms with Gasteiger partial charge in [0.1, 0.15) is 11.6 Å². The van der Waals surface area contributed by atoms with Gasteiger partial charge in [-0.25, -0.2) is 4.39 Å². The average Bonchev–Trinajstić information content (AvgIpc) is 2.86. The Morgan fingerprint density at radius 3 is 2.68 bits per heavy atom. The average molecular weight is 357 g/mol. The molecule has 2 aromatic carbocycles. The maximum Gasteiger partial charge on any atom is 0.293 e. The van der Waals surface area contributed by atoms with E-state index in [-0.39, 0.29) is 6.54 Å². The zero-order chi connectivity index (χ0) is 18.0. The highest BCUT2D eigenvalue weighted by Gasteiger charge is 2.35. The van der Waals surface area contributed by atoms with E-state index in [9.17, 15) is 14.0 Å². The number of amides is 2. The monoisotopic (exact) mass is 357 g/mol. The molecular formula is C19H16FNO3S. The summed E-state index contributed by atoms with van der Waals surface area (Å²) in [6, 6.07) is 11.6. The molecule has 0 N–H and O–H groups in total. The van der Waals surface area contributed by atoms with Gasteiger partial charge in [-0.2, -0.15) is 0 Å². The number of halogens is 1. The number of carbonyl (C=O) groups excluding carboxylic acids is 2. The van der Waals surface area contributed by atoms with Crippen LogP contribution in [0.15, 0.2) is 47.4 Å². The van der Waals surface area contributed by atoms with E-state index in [0.717, 1.165) is 27.8 Å². The van der Waals surface area contributed by atoms with Gasteiger partial charge in [0.05, 0.1) is 18.6 Å². The molecule has 4 nitrogen and oxygen atoms in total. The van der Waals surface area contributed by atoms with E-state index in [0.29, 0.717) is 16.2 Å². The first-order chi connectivity index (χ1) is 12.0. The summed E-state index contributed by atoms with van der Waals surface area (Å²) in [5, 5.41) is -0.404. The van der Waals surface area contributed by atoms with Crippen LogP contribution in [0.1, 0.15) is 16.7 Å². The highest BCUT2D eigenvalue weighted by Crippen LogP contribution is 2.34. The lowest BCUT2D eigenvalue weighted by molar-refractivity contribution is -0.123. The second kappa shape index (κ2) is 7.11. The number of carbonyl (C=O) groups is 2. The summed E-state index contributed by atoms with van der Waals surface area (Å²) < 4.78 is 19.0. The standard InChI is InChI=1S/C19H16FNO3S/c1-12-7-8-13(9-16(12)24-2)10-17-18(22)21(19(23)25-17)11-14-5-3-4-6-15(14)20/h3-10H,11H2,1-2H3/b17-10+. The Bertz CT molecular complexity index is 879. The molecule has 1 heterocycles. The lowest BCUT2D eigenvalue weighted by atomic mass is 10.1. The molecular weight excluding hydrogens is 341 g/mol. The molecule has 3 rings (SSSR count). The predicted molar refractivity (Wildman–Crippen MR) is 95.6 cm³/mol. The van der Waals surface area contributed by atoms with Crippen LogP contribution >= 0.6 is 11.8 Å². The molecule has 0 unspecified atom stereocenters. The smallest absolute Gasteiger partial charge is 0.293 e. The Labute approximate surface area is 149 Å². The number of hydrogen-bond donors (Lipinski definition) is 0. The molecule has 0 saturated carbocycles. The molecule has 2 aromatic rings. The van der Waals surface area contributed by atoms with Crippen LogP contribution in [0.3, 0.4) is 0 Å². The fraction of sp³-hybridized carbons (Fsp3) is 0.158. The summed E-state index contributed by atoms with van der Waals surface area (Å²) in [5.41, 5.74) is 2.05. The Balaban J connectivity index is 1.85. The summed E-state index contributed by atoms with van der Waals surface area (Å²) in [5.74, 6) is -0.147. The van der Waals surface area contributed by atoms with E-state index >= 15 is 0 Å². The number of rotatable bonds is 4. The van der Waals surface area contributed by atoms with Gasteiger partial charge >= 0.3 is 0 Å². The minimum atomic E-state index is -0.436. The van der Waals surface area contributed by atoms with Crippen molar-refractivity contribution in [3.8, 4) is 5.75 Å². The Hall–Kier alpha value is -2.60. The van der Waals surface area contributed by atoms with Crippen LogP contribution in [0.5, 0.6) is 5.75 Å². The second-order valence-corrected chi connectivity index (χ2v) is 6.58. The number of thioether (sulfide) groups is 1. The van der Waals surface area contributed by atoms with E-state index in [2.05, 4.69) is 0 Å². The first kappa shape index (κ1) is 17.2.